The number of amides is 1. The minimum atomic E-state index is 0.360. The molecule has 1 saturated carbocycles. The van der Waals surface area contributed by atoms with Gasteiger partial charge in [0.25, 0.3) is 0 Å². The Morgan fingerprint density at radius 1 is 1.14 bits per heavy atom. The molecule has 0 radical (unpaired) electrons. The van der Waals surface area contributed by atoms with Crippen molar-refractivity contribution < 1.29 is 4.79 Å². The summed E-state index contributed by atoms with van der Waals surface area (Å²) in [4.78, 5) is 14.5. The normalized spacial score (nSPS) is 28.1. The first kappa shape index (κ1) is 16.8. The van der Waals surface area contributed by atoms with E-state index in [2.05, 4.69) is 31.0 Å². The highest BCUT2D eigenvalue weighted by molar-refractivity contribution is 5.76. The quantitative estimate of drug-likeness (QED) is 0.840. The average molecular weight is 294 g/mol. The van der Waals surface area contributed by atoms with Crippen LogP contribution in [0.25, 0.3) is 0 Å². The molecule has 2 rings (SSSR count). The molecule has 3 heteroatoms. The van der Waals surface area contributed by atoms with Gasteiger partial charge in [0, 0.05) is 31.6 Å². The standard InChI is InChI=1S/C18H34N2O/c1-4-15-11-17(19-16-8-6-5-7-9-16)13-20(12-15)18(21)10-14(2)3/h14-17,19H,4-13H2,1-3H3. The van der Waals surface area contributed by atoms with E-state index >= 15 is 0 Å². The number of piperidine rings is 1. The molecule has 0 aromatic carbocycles. The molecule has 2 unspecified atom stereocenters. The van der Waals surface area contributed by atoms with E-state index in [0.29, 0.717) is 36.2 Å². The van der Waals surface area contributed by atoms with Gasteiger partial charge in [0.2, 0.25) is 5.91 Å². The summed E-state index contributed by atoms with van der Waals surface area (Å²) in [6.45, 7) is 8.44. The fourth-order valence-corrected chi connectivity index (χ4v) is 3.90. The summed E-state index contributed by atoms with van der Waals surface area (Å²) in [6, 6.07) is 1.21. The molecule has 3 nitrogen and oxygen atoms in total. The number of rotatable bonds is 5. The Hall–Kier alpha value is -0.570. The number of nitrogens with zero attached hydrogens (tertiary/aromatic N) is 1. The minimum absolute atomic E-state index is 0.360. The Morgan fingerprint density at radius 3 is 2.48 bits per heavy atom. The maximum atomic E-state index is 12.4. The van der Waals surface area contributed by atoms with Gasteiger partial charge in [-0.05, 0) is 31.1 Å². The van der Waals surface area contributed by atoms with Gasteiger partial charge in [-0.2, -0.15) is 0 Å². The third-order valence-electron chi connectivity index (χ3n) is 5.13. The average Bonchev–Trinajstić information content (AvgIpc) is 2.47. The lowest BCUT2D eigenvalue weighted by molar-refractivity contribution is -0.134. The van der Waals surface area contributed by atoms with Crippen molar-refractivity contribution >= 4 is 5.91 Å². The third kappa shape index (κ3) is 5.28. The van der Waals surface area contributed by atoms with Gasteiger partial charge in [-0.3, -0.25) is 4.79 Å². The maximum absolute atomic E-state index is 12.4. The van der Waals surface area contributed by atoms with Crippen LogP contribution >= 0.6 is 0 Å². The van der Waals surface area contributed by atoms with Crippen LogP contribution in [-0.4, -0.2) is 36.0 Å². The predicted molar refractivity (Wildman–Crippen MR) is 88.2 cm³/mol. The second-order valence-corrected chi connectivity index (χ2v) is 7.61. The topological polar surface area (TPSA) is 32.3 Å². The van der Waals surface area contributed by atoms with E-state index in [1.165, 1.54) is 44.9 Å². The number of carbonyl (C=O) groups is 1. The van der Waals surface area contributed by atoms with Crippen molar-refractivity contribution in [3.05, 3.63) is 0 Å². The van der Waals surface area contributed by atoms with Gasteiger partial charge < -0.3 is 10.2 Å². The van der Waals surface area contributed by atoms with Gasteiger partial charge in [0.05, 0.1) is 0 Å². The van der Waals surface area contributed by atoms with Crippen LogP contribution in [-0.2, 0) is 4.79 Å². The zero-order chi connectivity index (χ0) is 15.2. The second-order valence-electron chi connectivity index (χ2n) is 7.61. The van der Waals surface area contributed by atoms with Crippen LogP contribution in [0.15, 0.2) is 0 Å². The Balaban J connectivity index is 1.89. The van der Waals surface area contributed by atoms with Crippen LogP contribution in [0, 0.1) is 11.8 Å². The van der Waals surface area contributed by atoms with Crippen LogP contribution in [0.5, 0.6) is 0 Å². The predicted octanol–water partition coefficient (Wildman–Crippen LogP) is 3.58. The third-order valence-corrected chi connectivity index (χ3v) is 5.13. The van der Waals surface area contributed by atoms with Crippen LogP contribution in [0.3, 0.4) is 0 Å². The van der Waals surface area contributed by atoms with Crippen molar-refractivity contribution in [2.75, 3.05) is 13.1 Å². The molecule has 21 heavy (non-hydrogen) atoms. The molecule has 2 atom stereocenters. The summed E-state index contributed by atoms with van der Waals surface area (Å²) in [6.07, 6.45) is 9.94. The summed E-state index contributed by atoms with van der Waals surface area (Å²) < 4.78 is 0. The van der Waals surface area contributed by atoms with E-state index in [9.17, 15) is 4.79 Å². The van der Waals surface area contributed by atoms with E-state index in [0.717, 1.165) is 13.1 Å². The monoisotopic (exact) mass is 294 g/mol. The molecule has 1 saturated heterocycles. The Bertz CT molecular complexity index is 323. The van der Waals surface area contributed by atoms with Crippen molar-refractivity contribution in [1.29, 1.82) is 0 Å². The smallest absolute Gasteiger partial charge is 0.222 e. The molecule has 1 N–H and O–H groups in total. The Labute approximate surface area is 130 Å². The first-order valence-corrected chi connectivity index (χ1v) is 9.12. The maximum Gasteiger partial charge on any atom is 0.222 e. The van der Waals surface area contributed by atoms with Crippen molar-refractivity contribution in [1.82, 2.24) is 10.2 Å². The van der Waals surface area contributed by atoms with Crippen LogP contribution < -0.4 is 5.32 Å². The zero-order valence-electron chi connectivity index (χ0n) is 14.2. The van der Waals surface area contributed by atoms with Crippen molar-refractivity contribution in [2.24, 2.45) is 11.8 Å². The molecule has 0 aromatic rings. The van der Waals surface area contributed by atoms with E-state index in [4.69, 9.17) is 0 Å². The lowest BCUT2D eigenvalue weighted by atomic mass is 9.89. The van der Waals surface area contributed by atoms with Gasteiger partial charge in [-0.15, -0.1) is 0 Å². The van der Waals surface area contributed by atoms with Gasteiger partial charge in [0.15, 0.2) is 0 Å². The lowest BCUT2D eigenvalue weighted by Crippen LogP contribution is -2.53. The van der Waals surface area contributed by atoms with Crippen LogP contribution in [0.2, 0.25) is 0 Å². The molecule has 122 valence electrons. The Kier molecular flexibility index (Phi) is 6.53. The molecular weight excluding hydrogens is 260 g/mol. The van der Waals surface area contributed by atoms with Crippen molar-refractivity contribution in [2.45, 2.75) is 84.2 Å². The minimum Gasteiger partial charge on any atom is -0.341 e. The number of likely N-dealkylation sites (tertiary alicyclic amines) is 1. The highest BCUT2D eigenvalue weighted by atomic mass is 16.2. The van der Waals surface area contributed by atoms with Crippen LogP contribution in [0.4, 0.5) is 0 Å². The van der Waals surface area contributed by atoms with Crippen molar-refractivity contribution in [3.63, 3.8) is 0 Å². The van der Waals surface area contributed by atoms with E-state index in [1.54, 1.807) is 0 Å². The molecule has 2 fully saturated rings. The van der Waals surface area contributed by atoms with Crippen LogP contribution in [0.1, 0.15) is 72.1 Å². The molecule has 1 aliphatic heterocycles. The fraction of sp³-hybridized carbons (Fsp3) is 0.944. The fourth-order valence-electron chi connectivity index (χ4n) is 3.90. The highest BCUT2D eigenvalue weighted by Crippen LogP contribution is 2.24. The van der Waals surface area contributed by atoms with Gasteiger partial charge in [0.1, 0.15) is 0 Å². The van der Waals surface area contributed by atoms with E-state index in [1.807, 2.05) is 0 Å². The molecule has 2 aliphatic rings. The molecule has 1 aliphatic carbocycles. The van der Waals surface area contributed by atoms with E-state index in [-0.39, 0.29) is 0 Å². The largest absolute Gasteiger partial charge is 0.341 e. The molecular formula is C18H34N2O. The lowest BCUT2D eigenvalue weighted by Gasteiger charge is -2.40. The molecule has 0 bridgehead atoms. The first-order chi connectivity index (χ1) is 10.1. The van der Waals surface area contributed by atoms with Gasteiger partial charge >= 0.3 is 0 Å². The summed E-state index contributed by atoms with van der Waals surface area (Å²) in [5, 5.41) is 3.87. The molecule has 0 spiro atoms. The SMILES string of the molecule is CCC1CC(NC2CCCCC2)CN(C(=O)CC(C)C)C1. The summed E-state index contributed by atoms with van der Waals surface area (Å²) >= 11 is 0. The second kappa shape index (κ2) is 8.17. The highest BCUT2D eigenvalue weighted by Gasteiger charge is 2.30. The number of hydrogen-bond donors (Lipinski definition) is 1. The summed E-state index contributed by atoms with van der Waals surface area (Å²) in [5.74, 6) is 1.50. The summed E-state index contributed by atoms with van der Waals surface area (Å²) in [5.41, 5.74) is 0. The Morgan fingerprint density at radius 2 is 1.86 bits per heavy atom. The molecule has 1 amide bonds. The molecule has 0 aromatic heterocycles. The van der Waals surface area contributed by atoms with E-state index < -0.39 is 0 Å². The number of hydrogen-bond acceptors (Lipinski definition) is 2. The van der Waals surface area contributed by atoms with Crippen molar-refractivity contribution in [3.8, 4) is 0 Å². The summed E-state index contributed by atoms with van der Waals surface area (Å²) in [7, 11) is 0. The first-order valence-electron chi connectivity index (χ1n) is 9.12. The number of nitrogens with one attached hydrogen (secondary N) is 1. The zero-order valence-corrected chi connectivity index (χ0v) is 14.2. The number of carbonyl (C=O) groups excluding carboxylic acids is 1. The molecule has 1 heterocycles. The van der Waals surface area contributed by atoms with Gasteiger partial charge in [-0.25, -0.2) is 0 Å². The van der Waals surface area contributed by atoms with Gasteiger partial charge in [-0.1, -0.05) is 46.5 Å².